The van der Waals surface area contributed by atoms with Gasteiger partial charge in [-0.2, -0.15) is 0 Å². The third-order valence-corrected chi connectivity index (χ3v) is 4.46. The zero-order valence-electron chi connectivity index (χ0n) is 13.0. The minimum Gasteiger partial charge on any atom is -0.317 e. The second kappa shape index (κ2) is 8.16. The van der Waals surface area contributed by atoms with E-state index in [1.54, 1.807) is 0 Å². The highest BCUT2D eigenvalue weighted by Crippen LogP contribution is 2.19. The second-order valence-electron chi connectivity index (χ2n) is 5.87. The number of fused-ring (bicyclic) bond motifs is 1. The first-order chi connectivity index (χ1) is 10.2. The predicted molar refractivity (Wildman–Crippen MR) is 94.0 cm³/mol. The molecule has 0 saturated carbocycles. The summed E-state index contributed by atoms with van der Waals surface area (Å²) in [5.74, 6) is 0.834. The number of halogens is 2. The summed E-state index contributed by atoms with van der Waals surface area (Å²) in [5, 5.41) is 4.20. The van der Waals surface area contributed by atoms with Crippen LogP contribution in [-0.4, -0.2) is 40.5 Å². The second-order valence-corrected chi connectivity index (χ2v) is 6.31. The zero-order valence-corrected chi connectivity index (χ0v) is 14.5. The minimum atomic E-state index is 0. The van der Waals surface area contributed by atoms with E-state index in [2.05, 4.69) is 28.3 Å². The molecule has 1 aliphatic rings. The van der Waals surface area contributed by atoms with Gasteiger partial charge in [-0.3, -0.25) is 4.90 Å². The minimum absolute atomic E-state index is 0. The van der Waals surface area contributed by atoms with Crippen LogP contribution < -0.4 is 5.32 Å². The molecule has 0 unspecified atom stereocenters. The smallest absolute Gasteiger partial charge is 0.137 e. The summed E-state index contributed by atoms with van der Waals surface area (Å²) in [4.78, 5) is 7.17. The third-order valence-electron chi connectivity index (χ3n) is 4.24. The van der Waals surface area contributed by atoms with Crippen LogP contribution in [0.4, 0.5) is 0 Å². The normalized spacial score (nSPS) is 16.8. The molecule has 3 rings (SSSR count). The van der Waals surface area contributed by atoms with Gasteiger partial charge < -0.3 is 9.72 Å². The van der Waals surface area contributed by atoms with Gasteiger partial charge in [-0.15, -0.1) is 12.4 Å². The molecule has 2 aromatic heterocycles. The van der Waals surface area contributed by atoms with Crippen LogP contribution in [0.2, 0.25) is 5.02 Å². The van der Waals surface area contributed by atoms with Crippen molar-refractivity contribution in [1.29, 1.82) is 0 Å². The fraction of sp³-hybridized carbons (Fsp3) is 0.562. The van der Waals surface area contributed by atoms with E-state index in [1.807, 2.05) is 22.7 Å². The van der Waals surface area contributed by atoms with E-state index in [1.165, 1.54) is 25.9 Å². The summed E-state index contributed by atoms with van der Waals surface area (Å²) in [6, 6.07) is 3.86. The van der Waals surface area contributed by atoms with Gasteiger partial charge in [0.15, 0.2) is 0 Å². The number of imidazole rings is 1. The molecule has 1 N–H and O–H groups in total. The number of likely N-dealkylation sites (tertiary alicyclic amines) is 1. The lowest BCUT2D eigenvalue weighted by atomic mass is 9.97. The van der Waals surface area contributed by atoms with Gasteiger partial charge in [0.05, 0.1) is 10.7 Å². The number of pyridine rings is 1. The van der Waals surface area contributed by atoms with E-state index in [0.717, 1.165) is 41.9 Å². The number of nitrogens with zero attached hydrogens (tertiary/aromatic N) is 3. The summed E-state index contributed by atoms with van der Waals surface area (Å²) >= 11 is 6.01. The van der Waals surface area contributed by atoms with Crippen LogP contribution in [-0.2, 0) is 6.54 Å². The van der Waals surface area contributed by atoms with Crippen molar-refractivity contribution in [3.05, 3.63) is 35.2 Å². The molecular weight excluding hydrogens is 319 g/mol. The molecule has 0 atom stereocenters. The van der Waals surface area contributed by atoms with E-state index in [0.29, 0.717) is 0 Å². The number of aromatic nitrogens is 2. The summed E-state index contributed by atoms with van der Waals surface area (Å²) < 4.78 is 2.01. The van der Waals surface area contributed by atoms with E-state index < -0.39 is 0 Å². The number of hydrogen-bond acceptors (Lipinski definition) is 3. The first kappa shape index (κ1) is 17.5. The standard InChI is InChI=1S/C16H23ClN4.ClH/c1-2-18-9-13-5-7-20(8-6-13)11-15-12-21-10-14(17)3-4-16(21)19-15;/h3-4,10,12-13,18H,2,5-9,11H2,1H3;1H. The van der Waals surface area contributed by atoms with E-state index in [4.69, 9.17) is 11.6 Å². The average Bonchev–Trinajstić information content (AvgIpc) is 2.88. The zero-order chi connectivity index (χ0) is 14.7. The van der Waals surface area contributed by atoms with E-state index >= 15 is 0 Å². The molecule has 22 heavy (non-hydrogen) atoms. The summed E-state index contributed by atoms with van der Waals surface area (Å²) in [6.07, 6.45) is 6.57. The van der Waals surface area contributed by atoms with Gasteiger partial charge in [-0.25, -0.2) is 4.98 Å². The van der Waals surface area contributed by atoms with Crippen LogP contribution in [0.5, 0.6) is 0 Å². The Hall–Kier alpha value is -0.810. The monoisotopic (exact) mass is 342 g/mol. The van der Waals surface area contributed by atoms with Crippen molar-refractivity contribution in [3.63, 3.8) is 0 Å². The van der Waals surface area contributed by atoms with Crippen LogP contribution in [0.3, 0.4) is 0 Å². The maximum absolute atomic E-state index is 6.01. The lowest BCUT2D eigenvalue weighted by Crippen LogP contribution is -2.36. The summed E-state index contributed by atoms with van der Waals surface area (Å²) in [5.41, 5.74) is 2.10. The van der Waals surface area contributed by atoms with Gasteiger partial charge in [0.2, 0.25) is 0 Å². The molecule has 6 heteroatoms. The van der Waals surface area contributed by atoms with Gasteiger partial charge in [-0.1, -0.05) is 18.5 Å². The fourth-order valence-corrected chi connectivity index (χ4v) is 3.19. The van der Waals surface area contributed by atoms with Crippen LogP contribution in [0, 0.1) is 5.92 Å². The highest BCUT2D eigenvalue weighted by atomic mass is 35.5. The Morgan fingerprint density at radius 1 is 1.27 bits per heavy atom. The van der Waals surface area contributed by atoms with Gasteiger partial charge in [0.25, 0.3) is 0 Å². The molecule has 3 heterocycles. The molecule has 4 nitrogen and oxygen atoms in total. The van der Waals surface area contributed by atoms with Gasteiger partial charge >= 0.3 is 0 Å². The molecule has 2 aromatic rings. The van der Waals surface area contributed by atoms with Crippen molar-refractivity contribution in [2.75, 3.05) is 26.2 Å². The molecule has 122 valence electrons. The summed E-state index contributed by atoms with van der Waals surface area (Å²) in [6.45, 7) is 7.69. The lowest BCUT2D eigenvalue weighted by molar-refractivity contribution is 0.174. The van der Waals surface area contributed by atoms with E-state index in [9.17, 15) is 0 Å². The number of piperidine rings is 1. The van der Waals surface area contributed by atoms with Crippen molar-refractivity contribution >= 4 is 29.7 Å². The Labute approximate surface area is 143 Å². The van der Waals surface area contributed by atoms with Crippen LogP contribution >= 0.6 is 24.0 Å². The lowest BCUT2D eigenvalue weighted by Gasteiger charge is -2.31. The molecule has 0 aromatic carbocycles. The van der Waals surface area contributed by atoms with Crippen LogP contribution in [0.1, 0.15) is 25.5 Å². The molecular formula is C16H24Cl2N4. The molecule has 0 bridgehead atoms. The molecule has 0 amide bonds. The highest BCUT2D eigenvalue weighted by molar-refractivity contribution is 6.30. The fourth-order valence-electron chi connectivity index (χ4n) is 3.02. The van der Waals surface area contributed by atoms with Crippen LogP contribution in [0.15, 0.2) is 24.5 Å². The third kappa shape index (κ3) is 4.35. The van der Waals surface area contributed by atoms with Crippen molar-refractivity contribution in [3.8, 4) is 0 Å². The highest BCUT2D eigenvalue weighted by Gasteiger charge is 2.19. The van der Waals surface area contributed by atoms with Crippen LogP contribution in [0.25, 0.3) is 5.65 Å². The number of rotatable bonds is 5. The quantitative estimate of drug-likeness (QED) is 0.905. The largest absolute Gasteiger partial charge is 0.317 e. The van der Waals surface area contributed by atoms with Gasteiger partial charge in [0.1, 0.15) is 5.65 Å². The molecule has 1 aliphatic heterocycles. The molecule has 1 fully saturated rings. The molecule has 0 aliphatic carbocycles. The maximum Gasteiger partial charge on any atom is 0.137 e. The number of nitrogens with one attached hydrogen (secondary N) is 1. The Morgan fingerprint density at radius 2 is 2.05 bits per heavy atom. The molecule has 1 saturated heterocycles. The van der Waals surface area contributed by atoms with Gasteiger partial charge in [-0.05, 0) is 57.1 Å². The number of hydrogen-bond donors (Lipinski definition) is 1. The molecule has 0 radical (unpaired) electrons. The molecule has 0 spiro atoms. The first-order valence-electron chi connectivity index (χ1n) is 7.81. The van der Waals surface area contributed by atoms with Gasteiger partial charge in [0, 0.05) is 18.9 Å². The Kier molecular flexibility index (Phi) is 6.50. The van der Waals surface area contributed by atoms with Crippen molar-refractivity contribution in [2.24, 2.45) is 5.92 Å². The van der Waals surface area contributed by atoms with E-state index in [-0.39, 0.29) is 12.4 Å². The summed E-state index contributed by atoms with van der Waals surface area (Å²) in [7, 11) is 0. The Bertz CT molecular complexity index is 591. The first-order valence-corrected chi connectivity index (χ1v) is 8.18. The van der Waals surface area contributed by atoms with Crippen molar-refractivity contribution in [1.82, 2.24) is 19.6 Å². The Morgan fingerprint density at radius 3 is 2.77 bits per heavy atom. The van der Waals surface area contributed by atoms with Crippen molar-refractivity contribution in [2.45, 2.75) is 26.3 Å². The average molecular weight is 343 g/mol. The Balaban J connectivity index is 0.00000176. The predicted octanol–water partition coefficient (Wildman–Crippen LogP) is 3.23. The topological polar surface area (TPSA) is 32.6 Å². The SMILES string of the molecule is CCNCC1CCN(Cc2cn3cc(Cl)ccc3n2)CC1.Cl. The van der Waals surface area contributed by atoms with Crippen molar-refractivity contribution < 1.29 is 0 Å². The maximum atomic E-state index is 6.01.